The average Bonchev–Trinajstić information content (AvgIpc) is 3.29. The van der Waals surface area contributed by atoms with Crippen molar-refractivity contribution in [1.82, 2.24) is 29.6 Å². The summed E-state index contributed by atoms with van der Waals surface area (Å²) in [5.41, 5.74) is 1.80. The van der Waals surface area contributed by atoms with E-state index in [1.54, 1.807) is 15.9 Å². The highest BCUT2D eigenvalue weighted by Gasteiger charge is 2.27. The Morgan fingerprint density at radius 3 is 2.96 bits per heavy atom. The molecule has 140 valence electrons. The highest BCUT2D eigenvalue weighted by atomic mass is 19.1. The van der Waals surface area contributed by atoms with E-state index in [1.165, 1.54) is 18.5 Å². The fraction of sp³-hybridized carbons (Fsp3) is 0.333. The lowest BCUT2D eigenvalue weighted by Crippen LogP contribution is -2.40. The van der Waals surface area contributed by atoms with Gasteiger partial charge in [-0.15, -0.1) is 0 Å². The lowest BCUT2D eigenvalue weighted by atomic mass is 10.1. The lowest BCUT2D eigenvalue weighted by molar-refractivity contribution is -0.136. The summed E-state index contributed by atoms with van der Waals surface area (Å²) >= 11 is 0. The molecular weight excluding hydrogens is 354 g/mol. The van der Waals surface area contributed by atoms with Crippen LogP contribution < -0.4 is 0 Å². The van der Waals surface area contributed by atoms with Gasteiger partial charge in [-0.3, -0.25) is 9.48 Å². The third kappa shape index (κ3) is 3.44. The first-order chi connectivity index (χ1) is 13.0. The lowest BCUT2D eigenvalue weighted by Gasteiger charge is -2.28. The van der Waals surface area contributed by atoms with Crippen LogP contribution in [0.25, 0.3) is 11.4 Å². The van der Waals surface area contributed by atoms with Gasteiger partial charge in [-0.2, -0.15) is 5.10 Å². The van der Waals surface area contributed by atoms with Crippen molar-refractivity contribution in [3.8, 4) is 11.4 Å². The van der Waals surface area contributed by atoms with E-state index < -0.39 is 11.6 Å². The number of benzene rings is 1. The van der Waals surface area contributed by atoms with Crippen LogP contribution in [0.2, 0.25) is 0 Å². The Hall–Kier alpha value is -3.10. The average molecular weight is 372 g/mol. The Kier molecular flexibility index (Phi) is 4.43. The van der Waals surface area contributed by atoms with Gasteiger partial charge in [0.1, 0.15) is 30.1 Å². The molecule has 0 spiro atoms. The van der Waals surface area contributed by atoms with Gasteiger partial charge in [0.15, 0.2) is 0 Å². The van der Waals surface area contributed by atoms with Crippen LogP contribution in [0.5, 0.6) is 0 Å². The zero-order valence-electron chi connectivity index (χ0n) is 14.7. The number of aromatic nitrogens is 5. The molecule has 7 nitrogen and oxygen atoms in total. The van der Waals surface area contributed by atoms with Crippen LogP contribution in [0.4, 0.5) is 8.78 Å². The summed E-state index contributed by atoms with van der Waals surface area (Å²) in [5.74, 6) is -1.19. The molecule has 3 aromatic rings. The van der Waals surface area contributed by atoms with Gasteiger partial charge >= 0.3 is 0 Å². The number of nitrogens with zero attached hydrogens (tertiary/aromatic N) is 5. The number of halogens is 2. The van der Waals surface area contributed by atoms with E-state index in [4.69, 9.17) is 0 Å². The molecule has 1 atom stereocenters. The van der Waals surface area contributed by atoms with Crippen molar-refractivity contribution in [2.75, 3.05) is 6.54 Å². The van der Waals surface area contributed by atoms with Crippen LogP contribution in [-0.2, 0) is 24.3 Å². The maximum Gasteiger partial charge on any atom is 0.227 e. The quantitative estimate of drug-likeness (QED) is 0.761. The summed E-state index contributed by atoms with van der Waals surface area (Å²) in [6, 6.07) is 3.39. The Morgan fingerprint density at radius 1 is 1.37 bits per heavy atom. The normalized spacial score (nSPS) is 14.9. The van der Waals surface area contributed by atoms with E-state index in [2.05, 4.69) is 20.1 Å². The first kappa shape index (κ1) is 17.3. The molecule has 0 saturated heterocycles. The first-order valence-corrected chi connectivity index (χ1v) is 8.65. The van der Waals surface area contributed by atoms with E-state index in [9.17, 15) is 13.6 Å². The Bertz CT molecular complexity index is 968. The van der Waals surface area contributed by atoms with Crippen molar-refractivity contribution >= 4 is 5.91 Å². The Balaban J connectivity index is 1.50. The molecule has 2 aromatic heterocycles. The predicted molar refractivity (Wildman–Crippen MR) is 92.2 cm³/mol. The summed E-state index contributed by atoms with van der Waals surface area (Å²) < 4.78 is 28.8. The highest BCUT2D eigenvalue weighted by Crippen LogP contribution is 2.26. The number of hydrogen-bond donors (Lipinski definition) is 1. The largest absolute Gasteiger partial charge is 0.340 e. The Labute approximate surface area is 154 Å². The molecule has 0 fully saturated rings. The fourth-order valence-electron chi connectivity index (χ4n) is 3.29. The molecule has 9 heteroatoms. The van der Waals surface area contributed by atoms with Gasteiger partial charge in [0.2, 0.25) is 5.91 Å². The molecular formula is C18H18F2N6O. The van der Waals surface area contributed by atoms with Crippen LogP contribution in [0.3, 0.4) is 0 Å². The van der Waals surface area contributed by atoms with Gasteiger partial charge in [0.05, 0.1) is 36.0 Å². The third-order valence-corrected chi connectivity index (χ3v) is 4.68. The van der Waals surface area contributed by atoms with Crippen molar-refractivity contribution in [2.45, 2.75) is 26.4 Å². The smallest absolute Gasteiger partial charge is 0.227 e. The van der Waals surface area contributed by atoms with Crippen molar-refractivity contribution < 1.29 is 13.6 Å². The van der Waals surface area contributed by atoms with E-state index in [0.717, 1.165) is 17.5 Å². The minimum absolute atomic E-state index is 0.0141. The predicted octanol–water partition coefficient (Wildman–Crippen LogP) is 2.17. The molecule has 1 aliphatic rings. The van der Waals surface area contributed by atoms with Gasteiger partial charge < -0.3 is 9.88 Å². The van der Waals surface area contributed by atoms with Crippen molar-refractivity contribution in [1.29, 1.82) is 0 Å². The number of carbonyl (C=O) groups excluding carboxylic acids is 1. The fourth-order valence-corrected chi connectivity index (χ4v) is 3.29. The number of nitrogens with one attached hydrogen (secondary N) is 1. The van der Waals surface area contributed by atoms with Gasteiger partial charge in [0.25, 0.3) is 0 Å². The second kappa shape index (κ2) is 6.90. The summed E-state index contributed by atoms with van der Waals surface area (Å²) in [6.45, 7) is 3.23. The van der Waals surface area contributed by atoms with Crippen molar-refractivity contribution in [2.24, 2.45) is 5.92 Å². The van der Waals surface area contributed by atoms with Crippen molar-refractivity contribution in [3.05, 3.63) is 53.9 Å². The Morgan fingerprint density at radius 2 is 2.22 bits per heavy atom. The monoisotopic (exact) mass is 372 g/mol. The molecule has 0 radical (unpaired) electrons. The molecule has 1 aliphatic heterocycles. The second-order valence-corrected chi connectivity index (χ2v) is 6.66. The zero-order chi connectivity index (χ0) is 19.0. The summed E-state index contributed by atoms with van der Waals surface area (Å²) in [6.07, 6.45) is 3.60. The van der Waals surface area contributed by atoms with Crippen LogP contribution in [0, 0.1) is 17.6 Å². The summed E-state index contributed by atoms with van der Waals surface area (Å²) in [5, 5.41) is 4.03. The van der Waals surface area contributed by atoms with Gasteiger partial charge in [-0.1, -0.05) is 6.92 Å². The van der Waals surface area contributed by atoms with E-state index in [-0.39, 0.29) is 17.4 Å². The van der Waals surface area contributed by atoms with Crippen LogP contribution >= 0.6 is 0 Å². The van der Waals surface area contributed by atoms with E-state index in [0.29, 0.717) is 31.9 Å². The summed E-state index contributed by atoms with van der Waals surface area (Å²) in [7, 11) is 0. The minimum Gasteiger partial charge on any atom is -0.340 e. The van der Waals surface area contributed by atoms with Crippen LogP contribution in [0.1, 0.15) is 18.3 Å². The zero-order valence-corrected chi connectivity index (χ0v) is 14.7. The third-order valence-electron chi connectivity index (χ3n) is 4.68. The topological polar surface area (TPSA) is 79.7 Å². The van der Waals surface area contributed by atoms with E-state index in [1.807, 2.05) is 6.92 Å². The number of amides is 1. The molecule has 1 N–H and O–H groups in total. The minimum atomic E-state index is -0.671. The summed E-state index contributed by atoms with van der Waals surface area (Å²) in [4.78, 5) is 25.9. The van der Waals surface area contributed by atoms with Crippen LogP contribution in [-0.4, -0.2) is 42.1 Å². The molecule has 0 bridgehead atoms. The maximum absolute atomic E-state index is 14.0. The van der Waals surface area contributed by atoms with Gasteiger partial charge in [0, 0.05) is 19.0 Å². The first-order valence-electron chi connectivity index (χ1n) is 8.65. The number of imidazole rings is 1. The molecule has 1 amide bonds. The van der Waals surface area contributed by atoms with Crippen molar-refractivity contribution in [3.63, 3.8) is 0 Å². The molecule has 0 saturated carbocycles. The standard InChI is InChI=1S/C18H18F2N6O/c1-11(7-26-10-21-9-22-26)18(27)25-5-4-15-16(8-25)24-17(23-15)13-3-2-12(19)6-14(13)20/h2-3,6,9-11H,4-5,7-8H2,1H3,(H,23,24)/t11-/m0/s1. The molecule has 27 heavy (non-hydrogen) atoms. The SMILES string of the molecule is C[C@@H](Cn1cncn1)C(=O)N1CCc2nc(-c3ccc(F)cc3F)[nH]c2C1. The van der Waals surface area contributed by atoms with Gasteiger partial charge in [-0.25, -0.2) is 18.7 Å². The second-order valence-electron chi connectivity index (χ2n) is 6.66. The molecule has 4 rings (SSSR count). The highest BCUT2D eigenvalue weighted by molar-refractivity contribution is 5.78. The molecule has 1 aromatic carbocycles. The number of carbonyl (C=O) groups is 1. The number of aromatic amines is 1. The number of hydrogen-bond acceptors (Lipinski definition) is 4. The number of fused-ring (bicyclic) bond motifs is 1. The van der Waals surface area contributed by atoms with Gasteiger partial charge in [-0.05, 0) is 12.1 Å². The van der Waals surface area contributed by atoms with Crippen LogP contribution in [0.15, 0.2) is 30.9 Å². The maximum atomic E-state index is 14.0. The number of rotatable bonds is 4. The molecule has 3 heterocycles. The molecule has 0 aliphatic carbocycles. The molecule has 0 unspecified atom stereocenters. The number of H-pyrrole nitrogens is 1. The van der Waals surface area contributed by atoms with E-state index >= 15 is 0 Å².